The summed E-state index contributed by atoms with van der Waals surface area (Å²) >= 11 is 0. The minimum Gasteiger partial charge on any atom is -0.508 e. The van der Waals surface area contributed by atoms with Crippen molar-refractivity contribution in [3.63, 3.8) is 0 Å². The number of nitrogens with one attached hydrogen (secondary N) is 1. The first-order valence-corrected chi connectivity index (χ1v) is 6.28. The van der Waals surface area contributed by atoms with Crippen LogP contribution in [0, 0.1) is 0 Å². The number of hydrogen-bond acceptors (Lipinski definition) is 3. The Morgan fingerprint density at radius 1 is 1.05 bits per heavy atom. The van der Waals surface area contributed by atoms with Crippen molar-refractivity contribution in [3.05, 3.63) is 59.2 Å². The summed E-state index contributed by atoms with van der Waals surface area (Å²) in [5.41, 5.74) is -3.80. The van der Waals surface area contributed by atoms with Crippen LogP contribution in [0.3, 0.4) is 0 Å². The van der Waals surface area contributed by atoms with Crippen LogP contribution in [0.25, 0.3) is 0 Å². The Bertz CT molecular complexity index is 756. The van der Waals surface area contributed by atoms with Gasteiger partial charge in [-0.15, -0.1) is 0 Å². The van der Waals surface area contributed by atoms with Crippen molar-refractivity contribution < 1.29 is 28.2 Å². The van der Waals surface area contributed by atoms with Crippen molar-refractivity contribution in [2.75, 3.05) is 5.32 Å². The zero-order valence-electron chi connectivity index (χ0n) is 11.0. The average molecular weight is 309 g/mol. The molecule has 1 heterocycles. The molecule has 0 aliphatic carbocycles. The first kappa shape index (κ1) is 14.4. The second-order valence-electron chi connectivity index (χ2n) is 4.94. The normalized spacial score (nSPS) is 20.6. The third kappa shape index (κ3) is 1.93. The number of alkyl halides is 3. The fraction of sp³-hybridized carbons (Fsp3) is 0.133. The number of para-hydroxylation sites is 1. The molecule has 0 bridgehead atoms. The van der Waals surface area contributed by atoms with Crippen molar-refractivity contribution in [1.29, 1.82) is 0 Å². The highest BCUT2D eigenvalue weighted by molar-refractivity contribution is 6.08. The number of amides is 1. The van der Waals surface area contributed by atoms with Crippen molar-refractivity contribution in [1.82, 2.24) is 0 Å². The van der Waals surface area contributed by atoms with Crippen LogP contribution in [0.2, 0.25) is 0 Å². The van der Waals surface area contributed by atoms with E-state index in [1.54, 1.807) is 0 Å². The Balaban J connectivity index is 2.22. The molecule has 0 spiro atoms. The maximum atomic E-state index is 13.0. The largest absolute Gasteiger partial charge is 0.508 e. The van der Waals surface area contributed by atoms with Crippen LogP contribution in [0.5, 0.6) is 5.75 Å². The van der Waals surface area contributed by atoms with E-state index in [1.807, 2.05) is 0 Å². The first-order valence-electron chi connectivity index (χ1n) is 6.28. The van der Waals surface area contributed by atoms with Gasteiger partial charge in [-0.05, 0) is 23.8 Å². The molecule has 22 heavy (non-hydrogen) atoms. The highest BCUT2D eigenvalue weighted by atomic mass is 19.4. The number of phenols is 1. The SMILES string of the molecule is O=C1Nc2c(C(F)(F)F)cccc2C1(O)c1ccc(O)cc1. The second kappa shape index (κ2) is 4.48. The number of aromatic hydroxyl groups is 1. The van der Waals surface area contributed by atoms with E-state index < -0.39 is 28.9 Å². The molecule has 3 rings (SSSR count). The fourth-order valence-electron chi connectivity index (χ4n) is 2.54. The van der Waals surface area contributed by atoms with Crippen LogP contribution in [-0.4, -0.2) is 16.1 Å². The van der Waals surface area contributed by atoms with Gasteiger partial charge in [-0.3, -0.25) is 4.79 Å². The van der Waals surface area contributed by atoms with Crippen LogP contribution in [0.1, 0.15) is 16.7 Å². The van der Waals surface area contributed by atoms with Crippen molar-refractivity contribution in [2.24, 2.45) is 0 Å². The summed E-state index contributed by atoms with van der Waals surface area (Å²) in [5, 5.41) is 22.1. The smallest absolute Gasteiger partial charge is 0.418 e. The molecule has 1 aliphatic heterocycles. The van der Waals surface area contributed by atoms with E-state index in [4.69, 9.17) is 0 Å². The number of aliphatic hydroxyl groups is 1. The number of benzene rings is 2. The average Bonchev–Trinajstić information content (AvgIpc) is 2.71. The van der Waals surface area contributed by atoms with Crippen LogP contribution in [-0.2, 0) is 16.6 Å². The molecule has 0 saturated carbocycles. The fourth-order valence-corrected chi connectivity index (χ4v) is 2.54. The number of carbonyl (C=O) groups excluding carboxylic acids is 1. The number of halogens is 3. The molecule has 0 fully saturated rings. The summed E-state index contributed by atoms with van der Waals surface area (Å²) in [7, 11) is 0. The molecule has 1 atom stereocenters. The number of fused-ring (bicyclic) bond motifs is 1. The lowest BCUT2D eigenvalue weighted by molar-refractivity contribution is -0.136. The van der Waals surface area contributed by atoms with E-state index in [9.17, 15) is 28.2 Å². The lowest BCUT2D eigenvalue weighted by Crippen LogP contribution is -2.35. The van der Waals surface area contributed by atoms with E-state index in [1.165, 1.54) is 30.3 Å². The van der Waals surface area contributed by atoms with E-state index in [0.29, 0.717) is 0 Å². The molecule has 1 aliphatic rings. The minimum absolute atomic E-state index is 0.0703. The summed E-state index contributed by atoms with van der Waals surface area (Å²) in [6.45, 7) is 0. The zero-order valence-corrected chi connectivity index (χ0v) is 11.0. The van der Waals surface area contributed by atoms with E-state index in [2.05, 4.69) is 5.32 Å². The first-order chi connectivity index (χ1) is 10.2. The van der Waals surface area contributed by atoms with E-state index in [0.717, 1.165) is 12.1 Å². The highest BCUT2D eigenvalue weighted by Crippen LogP contribution is 2.46. The number of hydrogen-bond donors (Lipinski definition) is 3. The van der Waals surface area contributed by atoms with Crippen LogP contribution in [0.15, 0.2) is 42.5 Å². The van der Waals surface area contributed by atoms with Gasteiger partial charge in [0.2, 0.25) is 0 Å². The lowest BCUT2D eigenvalue weighted by Gasteiger charge is -2.21. The summed E-state index contributed by atoms with van der Waals surface area (Å²) < 4.78 is 39.0. The molecule has 114 valence electrons. The second-order valence-corrected chi connectivity index (χ2v) is 4.94. The van der Waals surface area contributed by atoms with Gasteiger partial charge >= 0.3 is 6.18 Å². The maximum Gasteiger partial charge on any atom is 0.418 e. The molecular weight excluding hydrogens is 299 g/mol. The third-order valence-electron chi connectivity index (χ3n) is 3.61. The van der Waals surface area contributed by atoms with Crippen LogP contribution < -0.4 is 5.32 Å². The van der Waals surface area contributed by atoms with Gasteiger partial charge in [0.25, 0.3) is 5.91 Å². The van der Waals surface area contributed by atoms with Gasteiger partial charge < -0.3 is 15.5 Å². The molecule has 7 heteroatoms. The number of carbonyl (C=O) groups is 1. The van der Waals surface area contributed by atoms with Gasteiger partial charge in [-0.25, -0.2) is 0 Å². The Morgan fingerprint density at radius 2 is 1.68 bits per heavy atom. The van der Waals surface area contributed by atoms with Crippen LogP contribution >= 0.6 is 0 Å². The summed E-state index contributed by atoms with van der Waals surface area (Å²) in [6.07, 6.45) is -4.65. The number of rotatable bonds is 1. The molecule has 4 nitrogen and oxygen atoms in total. The third-order valence-corrected chi connectivity index (χ3v) is 3.61. The summed E-state index contributed by atoms with van der Waals surface area (Å²) in [4.78, 5) is 12.1. The molecule has 1 amide bonds. The summed E-state index contributed by atoms with van der Waals surface area (Å²) in [6, 6.07) is 8.28. The van der Waals surface area contributed by atoms with Crippen molar-refractivity contribution >= 4 is 11.6 Å². The lowest BCUT2D eigenvalue weighted by atomic mass is 9.87. The maximum absolute atomic E-state index is 13.0. The topological polar surface area (TPSA) is 69.6 Å². The summed E-state index contributed by atoms with van der Waals surface area (Å²) in [5.74, 6) is -1.06. The van der Waals surface area contributed by atoms with E-state index >= 15 is 0 Å². The number of phenolic OH excluding ortho intramolecular Hbond substituents is 1. The molecule has 0 aromatic heterocycles. The quantitative estimate of drug-likeness (QED) is 0.758. The monoisotopic (exact) mass is 309 g/mol. The molecule has 2 aromatic carbocycles. The zero-order chi connectivity index (χ0) is 16.1. The van der Waals surface area contributed by atoms with Crippen molar-refractivity contribution in [3.8, 4) is 5.75 Å². The van der Waals surface area contributed by atoms with Crippen molar-refractivity contribution in [2.45, 2.75) is 11.8 Å². The van der Waals surface area contributed by atoms with Gasteiger partial charge in [-0.2, -0.15) is 13.2 Å². The predicted molar refractivity (Wildman–Crippen MR) is 71.2 cm³/mol. The Hall–Kier alpha value is -2.54. The van der Waals surface area contributed by atoms with Gasteiger partial charge in [0.15, 0.2) is 5.60 Å². The number of anilines is 1. The van der Waals surface area contributed by atoms with Crippen LogP contribution in [0.4, 0.5) is 18.9 Å². The standard InChI is InChI=1S/C15H10F3NO3/c16-15(17,18)11-3-1-2-10-12(11)19-13(21)14(10,22)8-4-6-9(20)7-5-8/h1-7,20,22H,(H,19,21). The molecule has 0 saturated heterocycles. The predicted octanol–water partition coefficient (Wildman–Crippen LogP) is 2.60. The van der Waals surface area contributed by atoms with Gasteiger partial charge in [0.05, 0.1) is 11.3 Å². The van der Waals surface area contributed by atoms with Gasteiger partial charge in [-0.1, -0.05) is 24.3 Å². The molecule has 0 radical (unpaired) electrons. The van der Waals surface area contributed by atoms with Gasteiger partial charge in [0.1, 0.15) is 5.75 Å². The Labute approximate surface area is 122 Å². The molecule has 1 unspecified atom stereocenters. The molecule has 3 N–H and O–H groups in total. The minimum atomic E-state index is -4.65. The Morgan fingerprint density at radius 3 is 2.27 bits per heavy atom. The Kier molecular flexibility index (Phi) is 2.93. The molecular formula is C15H10F3NO3. The van der Waals surface area contributed by atoms with E-state index in [-0.39, 0.29) is 16.9 Å². The highest BCUT2D eigenvalue weighted by Gasteiger charge is 2.50. The molecule has 2 aromatic rings. The van der Waals surface area contributed by atoms with Gasteiger partial charge in [0, 0.05) is 5.56 Å².